The van der Waals surface area contributed by atoms with E-state index in [-0.39, 0.29) is 5.56 Å². The van der Waals surface area contributed by atoms with Crippen LogP contribution in [0.3, 0.4) is 0 Å². The normalized spacial score (nSPS) is 11.2. The first-order valence-corrected chi connectivity index (χ1v) is 9.71. The summed E-state index contributed by atoms with van der Waals surface area (Å²) in [7, 11) is 3.17. The Morgan fingerprint density at radius 1 is 1.35 bits per heavy atom. The number of fused-ring (bicyclic) bond motifs is 1. The fourth-order valence-electron chi connectivity index (χ4n) is 2.00. The molecule has 0 atom stereocenters. The summed E-state index contributed by atoms with van der Waals surface area (Å²) in [6.45, 7) is 0. The quantitative estimate of drug-likeness (QED) is 0.547. The number of pyridine rings is 1. The second-order valence-electron chi connectivity index (χ2n) is 4.12. The van der Waals surface area contributed by atoms with Crippen LogP contribution in [-0.2, 0) is 7.05 Å². The van der Waals surface area contributed by atoms with E-state index in [2.05, 4.69) is 47.1 Å². The highest BCUT2D eigenvalue weighted by Gasteiger charge is 2.18. The van der Waals surface area contributed by atoms with E-state index in [9.17, 15) is 4.79 Å². The summed E-state index contributed by atoms with van der Waals surface area (Å²) in [5, 5.41) is 0.861. The lowest BCUT2D eigenvalue weighted by Crippen LogP contribution is -2.17. The molecule has 0 radical (unpaired) electrons. The van der Waals surface area contributed by atoms with Crippen molar-refractivity contribution in [2.75, 3.05) is 0 Å². The number of nitrogens with zero attached hydrogens (tertiary/aromatic N) is 4. The molecule has 0 N–H and O–H groups in total. The van der Waals surface area contributed by atoms with Crippen LogP contribution >= 0.6 is 46.3 Å². The van der Waals surface area contributed by atoms with E-state index >= 15 is 0 Å². The maximum Gasteiger partial charge on any atom is 0.275 e. The molecule has 0 aliphatic carbocycles. The van der Waals surface area contributed by atoms with Crippen molar-refractivity contribution in [1.29, 1.82) is 0 Å². The Balaban J connectivity index is 2.44. The van der Waals surface area contributed by atoms with Gasteiger partial charge in [0.05, 0.1) is 5.69 Å². The van der Waals surface area contributed by atoms with E-state index in [0.29, 0.717) is 11.3 Å². The predicted octanol–water partition coefficient (Wildman–Crippen LogP) is 3.41. The van der Waals surface area contributed by atoms with Crippen molar-refractivity contribution >= 4 is 57.2 Å². The van der Waals surface area contributed by atoms with E-state index in [1.807, 2.05) is 10.0 Å². The van der Waals surface area contributed by atoms with Crippen LogP contribution in [0.4, 0.5) is 0 Å². The van der Waals surface area contributed by atoms with Gasteiger partial charge in [0.25, 0.3) is 5.56 Å². The summed E-state index contributed by atoms with van der Waals surface area (Å²) >= 11 is 5.66. The molecule has 3 aromatic rings. The predicted molar refractivity (Wildman–Crippen MR) is 92.9 cm³/mol. The molecule has 3 aromatic heterocycles. The van der Waals surface area contributed by atoms with E-state index in [4.69, 9.17) is 0 Å². The Morgan fingerprint density at radius 2 is 2.05 bits per heavy atom. The second kappa shape index (κ2) is 5.49. The van der Waals surface area contributed by atoms with Crippen LogP contribution in [0.15, 0.2) is 40.0 Å². The number of aromatic nitrogens is 4. The summed E-state index contributed by atoms with van der Waals surface area (Å²) in [5.41, 5.74) is 1.39. The van der Waals surface area contributed by atoms with Crippen LogP contribution in [-0.4, -0.2) is 18.5 Å². The molecule has 0 saturated carbocycles. The van der Waals surface area contributed by atoms with Gasteiger partial charge in [-0.05, 0) is 28.1 Å². The zero-order valence-electron chi connectivity index (χ0n) is 10.2. The maximum absolute atomic E-state index is 12.4. The van der Waals surface area contributed by atoms with E-state index < -0.39 is 0 Å². The van der Waals surface area contributed by atoms with Gasteiger partial charge in [0.2, 0.25) is 0 Å². The van der Waals surface area contributed by atoms with Crippen LogP contribution in [0.1, 0.15) is 0 Å². The highest BCUT2D eigenvalue weighted by atomic mass is 127. The highest BCUT2D eigenvalue weighted by Crippen LogP contribution is 2.34. The van der Waals surface area contributed by atoms with Gasteiger partial charge in [-0.25, -0.2) is 9.97 Å². The zero-order chi connectivity index (χ0) is 14.3. The van der Waals surface area contributed by atoms with Crippen molar-refractivity contribution in [2.24, 2.45) is 7.05 Å². The summed E-state index contributed by atoms with van der Waals surface area (Å²) < 4.78 is 4.29. The van der Waals surface area contributed by atoms with Crippen LogP contribution in [0.5, 0.6) is 0 Å². The molecule has 0 aliphatic heterocycles. The van der Waals surface area contributed by atoms with Gasteiger partial charge in [0.15, 0.2) is 5.82 Å². The van der Waals surface area contributed by atoms with Crippen molar-refractivity contribution in [1.82, 2.24) is 18.5 Å². The lowest BCUT2D eigenvalue weighted by Gasteiger charge is -2.05. The molecule has 0 unspecified atom stereocenters. The minimum absolute atomic E-state index is 0.0467. The van der Waals surface area contributed by atoms with Gasteiger partial charge in [-0.15, -0.1) is 0 Å². The maximum atomic E-state index is 12.4. The van der Waals surface area contributed by atoms with Crippen molar-refractivity contribution in [3.05, 3.63) is 45.5 Å². The molecular weight excluding hydrogens is 455 g/mol. The third kappa shape index (κ3) is 2.19. The molecular formula is C12H8BrIN4OS. The summed E-state index contributed by atoms with van der Waals surface area (Å²) in [5.74, 6) is 0.599. The lowest BCUT2D eigenvalue weighted by molar-refractivity contribution is 0.865. The first-order chi connectivity index (χ1) is 9.63. The zero-order valence-corrected chi connectivity index (χ0v) is 14.8. The molecule has 0 aromatic carbocycles. The fraction of sp³-hybridized carbons (Fsp3) is 0.0833. The molecule has 102 valence electrons. The summed E-state index contributed by atoms with van der Waals surface area (Å²) in [6, 6.07) is 3.70. The summed E-state index contributed by atoms with van der Waals surface area (Å²) in [4.78, 5) is 20.9. The smallest absolute Gasteiger partial charge is 0.275 e. The largest absolute Gasteiger partial charge is 0.316 e. The minimum Gasteiger partial charge on any atom is -0.316 e. The molecule has 0 saturated heterocycles. The molecule has 0 bridgehead atoms. The first kappa shape index (κ1) is 14.1. The second-order valence-corrected chi connectivity index (χ2v) is 6.66. The monoisotopic (exact) mass is 462 g/mol. The van der Waals surface area contributed by atoms with Gasteiger partial charge in [0.1, 0.15) is 5.52 Å². The fourth-order valence-corrected chi connectivity index (χ4v) is 4.29. The standard InChI is InChI=1S/C12H8BrIN4OS/c1-17-6-8(13)7-5-9(11-15-3-2-4-16-11)18(20-14)10(7)12(17)19/h2-6H,1H3. The highest BCUT2D eigenvalue weighted by molar-refractivity contribution is 14.2. The van der Waals surface area contributed by atoms with Crippen LogP contribution in [0.2, 0.25) is 0 Å². The molecule has 20 heavy (non-hydrogen) atoms. The molecule has 0 fully saturated rings. The first-order valence-electron chi connectivity index (χ1n) is 5.60. The van der Waals surface area contributed by atoms with E-state index in [1.54, 1.807) is 36.3 Å². The van der Waals surface area contributed by atoms with Gasteiger partial charge in [-0.3, -0.25) is 8.77 Å². The topological polar surface area (TPSA) is 52.7 Å². The molecule has 8 heteroatoms. The average molecular weight is 463 g/mol. The SMILES string of the molecule is Cn1cc(Br)c2cc(-c3ncccn3)n(SI)c2c1=O. The molecule has 0 spiro atoms. The lowest BCUT2D eigenvalue weighted by atomic mass is 10.3. The van der Waals surface area contributed by atoms with Crippen molar-refractivity contribution in [3.63, 3.8) is 0 Å². The Kier molecular flexibility index (Phi) is 3.87. The Morgan fingerprint density at radius 3 is 2.70 bits per heavy atom. The Hall–Kier alpha value is -0.870. The average Bonchev–Trinajstić information content (AvgIpc) is 2.86. The number of aryl methyl sites for hydroxylation is 1. The summed E-state index contributed by atoms with van der Waals surface area (Å²) in [6.07, 6.45) is 5.15. The van der Waals surface area contributed by atoms with Gasteiger partial charge < -0.3 is 4.57 Å². The molecule has 3 heterocycles. The van der Waals surface area contributed by atoms with Crippen LogP contribution in [0, 0.1) is 0 Å². The molecule has 0 amide bonds. The van der Waals surface area contributed by atoms with E-state index in [0.717, 1.165) is 15.6 Å². The van der Waals surface area contributed by atoms with Gasteiger partial charge in [-0.2, -0.15) is 0 Å². The van der Waals surface area contributed by atoms with Crippen LogP contribution < -0.4 is 5.56 Å². The van der Waals surface area contributed by atoms with E-state index in [1.165, 1.54) is 9.12 Å². The van der Waals surface area contributed by atoms with Gasteiger partial charge in [0, 0.05) is 65.8 Å². The molecule has 0 aliphatic rings. The third-order valence-corrected chi connectivity index (χ3v) is 5.24. The van der Waals surface area contributed by atoms with Gasteiger partial charge >= 0.3 is 0 Å². The van der Waals surface area contributed by atoms with Crippen molar-refractivity contribution in [2.45, 2.75) is 0 Å². The third-order valence-electron chi connectivity index (χ3n) is 2.91. The molecule has 5 nitrogen and oxygen atoms in total. The Bertz CT molecular complexity index is 846. The van der Waals surface area contributed by atoms with Crippen LogP contribution in [0.25, 0.3) is 22.4 Å². The number of rotatable bonds is 2. The van der Waals surface area contributed by atoms with Gasteiger partial charge in [-0.1, -0.05) is 0 Å². The van der Waals surface area contributed by atoms with Crippen molar-refractivity contribution in [3.8, 4) is 11.5 Å². The Labute approximate surface area is 139 Å². The minimum atomic E-state index is -0.0467. The molecule has 3 rings (SSSR count). The number of hydrogen-bond acceptors (Lipinski definition) is 4. The number of hydrogen-bond donors (Lipinski definition) is 0. The van der Waals surface area contributed by atoms with Crippen molar-refractivity contribution < 1.29 is 0 Å². The number of halogens is 2.